The molecule has 3 rings (SSSR count). The monoisotopic (exact) mass is 349 g/mol. The van der Waals surface area contributed by atoms with Gasteiger partial charge in [0.1, 0.15) is 18.1 Å². The number of rotatable bonds is 6. The van der Waals surface area contributed by atoms with Crippen molar-refractivity contribution in [3.63, 3.8) is 0 Å². The van der Waals surface area contributed by atoms with Crippen molar-refractivity contribution in [1.29, 1.82) is 0 Å². The van der Waals surface area contributed by atoms with E-state index in [0.717, 1.165) is 22.6 Å². The molecule has 5 nitrogen and oxygen atoms in total. The predicted octanol–water partition coefficient (Wildman–Crippen LogP) is 3.84. The Hall–Kier alpha value is -3.08. The van der Waals surface area contributed by atoms with Gasteiger partial charge in [0.2, 0.25) is 0 Å². The Labute approximate surface area is 153 Å². The molecule has 0 aliphatic rings. The van der Waals surface area contributed by atoms with Crippen LogP contribution in [0.25, 0.3) is 11.3 Å². The van der Waals surface area contributed by atoms with Crippen molar-refractivity contribution < 1.29 is 9.53 Å². The molecule has 1 N–H and O–H groups in total. The zero-order valence-corrected chi connectivity index (χ0v) is 15.3. The van der Waals surface area contributed by atoms with Crippen LogP contribution in [0.1, 0.15) is 21.6 Å². The van der Waals surface area contributed by atoms with Crippen molar-refractivity contribution in [2.24, 2.45) is 0 Å². The summed E-state index contributed by atoms with van der Waals surface area (Å²) in [5, 5.41) is 7.09. The highest BCUT2D eigenvalue weighted by molar-refractivity contribution is 5.93. The lowest BCUT2D eigenvalue weighted by Gasteiger charge is -2.17. The number of carbonyl (C=O) groups excluding carboxylic acids is 1. The average Bonchev–Trinajstić information content (AvgIpc) is 3.13. The van der Waals surface area contributed by atoms with Gasteiger partial charge in [-0.1, -0.05) is 48.0 Å². The minimum Gasteiger partial charge on any atom is -0.491 e. The standard InChI is InChI=1S/C21H23N3O2/c1-15-8-10-17(11-9-15)18-14-19(23-22-18)21(25)24(3)12-13-26-20-7-5-4-6-16(20)2/h4-11,14H,12-13H2,1-3H3,(H,22,23). The molecular weight excluding hydrogens is 326 g/mol. The molecule has 1 amide bonds. The molecule has 0 spiro atoms. The molecule has 1 heterocycles. The molecule has 134 valence electrons. The number of nitrogens with one attached hydrogen (secondary N) is 1. The average molecular weight is 349 g/mol. The first-order chi connectivity index (χ1) is 12.5. The first kappa shape index (κ1) is 17.7. The Morgan fingerprint density at radius 1 is 1.12 bits per heavy atom. The largest absolute Gasteiger partial charge is 0.491 e. The van der Waals surface area contributed by atoms with Crippen molar-refractivity contribution in [3.8, 4) is 17.0 Å². The van der Waals surface area contributed by atoms with Gasteiger partial charge in [-0.25, -0.2) is 0 Å². The lowest BCUT2D eigenvalue weighted by atomic mass is 10.1. The van der Waals surface area contributed by atoms with E-state index in [1.165, 1.54) is 5.56 Å². The van der Waals surface area contributed by atoms with E-state index in [4.69, 9.17) is 4.74 Å². The van der Waals surface area contributed by atoms with E-state index < -0.39 is 0 Å². The number of H-pyrrole nitrogens is 1. The topological polar surface area (TPSA) is 58.2 Å². The smallest absolute Gasteiger partial charge is 0.271 e. The van der Waals surface area contributed by atoms with Gasteiger partial charge in [-0.3, -0.25) is 9.89 Å². The zero-order valence-electron chi connectivity index (χ0n) is 15.3. The number of carbonyl (C=O) groups is 1. The Kier molecular flexibility index (Phi) is 5.37. The first-order valence-corrected chi connectivity index (χ1v) is 8.61. The van der Waals surface area contributed by atoms with Crippen molar-refractivity contribution in [2.45, 2.75) is 13.8 Å². The van der Waals surface area contributed by atoms with Gasteiger partial charge in [-0.2, -0.15) is 5.10 Å². The van der Waals surface area contributed by atoms with Crippen LogP contribution < -0.4 is 4.74 Å². The number of aromatic nitrogens is 2. The SMILES string of the molecule is Cc1ccc(-c2cc(C(=O)N(C)CCOc3ccccc3C)[nH]n2)cc1. The van der Waals surface area contributed by atoms with Crippen LogP contribution in [0.2, 0.25) is 0 Å². The fraction of sp³-hybridized carbons (Fsp3) is 0.238. The van der Waals surface area contributed by atoms with Gasteiger partial charge in [0, 0.05) is 12.6 Å². The van der Waals surface area contributed by atoms with Crippen LogP contribution in [0.15, 0.2) is 54.6 Å². The van der Waals surface area contributed by atoms with E-state index in [-0.39, 0.29) is 5.91 Å². The van der Waals surface area contributed by atoms with E-state index in [1.54, 1.807) is 18.0 Å². The van der Waals surface area contributed by atoms with E-state index in [9.17, 15) is 4.79 Å². The highest BCUT2D eigenvalue weighted by Crippen LogP contribution is 2.19. The Bertz CT molecular complexity index is 884. The minimum absolute atomic E-state index is 0.107. The number of hydrogen-bond acceptors (Lipinski definition) is 3. The van der Waals surface area contributed by atoms with Crippen LogP contribution in [-0.4, -0.2) is 41.2 Å². The first-order valence-electron chi connectivity index (χ1n) is 8.61. The zero-order chi connectivity index (χ0) is 18.5. The summed E-state index contributed by atoms with van der Waals surface area (Å²) in [4.78, 5) is 14.2. The molecule has 3 aromatic rings. The molecule has 0 aliphatic heterocycles. The molecule has 0 atom stereocenters. The summed E-state index contributed by atoms with van der Waals surface area (Å²) in [6, 6.07) is 17.7. The van der Waals surface area contributed by atoms with E-state index >= 15 is 0 Å². The normalized spacial score (nSPS) is 10.6. The summed E-state index contributed by atoms with van der Waals surface area (Å²) in [5.41, 5.74) is 4.49. The lowest BCUT2D eigenvalue weighted by molar-refractivity contribution is 0.0768. The molecule has 0 fully saturated rings. The second-order valence-corrected chi connectivity index (χ2v) is 6.37. The maximum Gasteiger partial charge on any atom is 0.271 e. The summed E-state index contributed by atoms with van der Waals surface area (Å²) < 4.78 is 5.76. The lowest BCUT2D eigenvalue weighted by Crippen LogP contribution is -2.31. The molecule has 26 heavy (non-hydrogen) atoms. The Morgan fingerprint density at radius 3 is 2.58 bits per heavy atom. The maximum atomic E-state index is 12.6. The van der Waals surface area contributed by atoms with Crippen molar-refractivity contribution in [2.75, 3.05) is 20.2 Å². The molecule has 0 saturated carbocycles. The third-order valence-corrected chi connectivity index (χ3v) is 4.28. The summed E-state index contributed by atoms with van der Waals surface area (Å²) in [5.74, 6) is 0.737. The molecular formula is C21H23N3O2. The Balaban J connectivity index is 1.58. The van der Waals surface area contributed by atoms with Crippen LogP contribution in [0.4, 0.5) is 0 Å². The van der Waals surface area contributed by atoms with Crippen LogP contribution in [-0.2, 0) is 0 Å². The summed E-state index contributed by atoms with van der Waals surface area (Å²) in [6.07, 6.45) is 0. The predicted molar refractivity (Wildman–Crippen MR) is 102 cm³/mol. The number of likely N-dealkylation sites (N-methyl/N-ethyl adjacent to an activating group) is 1. The fourth-order valence-corrected chi connectivity index (χ4v) is 2.62. The molecule has 0 aliphatic carbocycles. The van der Waals surface area contributed by atoms with Crippen molar-refractivity contribution in [1.82, 2.24) is 15.1 Å². The highest BCUT2D eigenvalue weighted by Gasteiger charge is 2.15. The summed E-state index contributed by atoms with van der Waals surface area (Å²) >= 11 is 0. The van der Waals surface area contributed by atoms with Gasteiger partial charge in [-0.15, -0.1) is 0 Å². The van der Waals surface area contributed by atoms with Crippen molar-refractivity contribution in [3.05, 3.63) is 71.4 Å². The van der Waals surface area contributed by atoms with Gasteiger partial charge in [0.05, 0.1) is 12.2 Å². The van der Waals surface area contributed by atoms with Gasteiger partial charge in [0.25, 0.3) is 5.91 Å². The van der Waals surface area contributed by atoms with Gasteiger partial charge in [0.15, 0.2) is 0 Å². The minimum atomic E-state index is -0.107. The van der Waals surface area contributed by atoms with Crippen LogP contribution in [0.5, 0.6) is 5.75 Å². The summed E-state index contributed by atoms with van der Waals surface area (Å²) in [6.45, 7) is 4.97. The Morgan fingerprint density at radius 2 is 1.85 bits per heavy atom. The number of amides is 1. The molecule has 1 aromatic heterocycles. The summed E-state index contributed by atoms with van der Waals surface area (Å²) in [7, 11) is 1.76. The van der Waals surface area contributed by atoms with E-state index in [2.05, 4.69) is 10.2 Å². The van der Waals surface area contributed by atoms with Crippen LogP contribution in [0, 0.1) is 13.8 Å². The maximum absolute atomic E-state index is 12.6. The number of hydrogen-bond donors (Lipinski definition) is 1. The molecule has 5 heteroatoms. The quantitative estimate of drug-likeness (QED) is 0.735. The van der Waals surface area contributed by atoms with Gasteiger partial charge in [-0.05, 0) is 31.5 Å². The second kappa shape index (κ2) is 7.87. The van der Waals surface area contributed by atoms with Crippen LogP contribution >= 0.6 is 0 Å². The fourth-order valence-electron chi connectivity index (χ4n) is 2.62. The molecule has 2 aromatic carbocycles. The number of para-hydroxylation sites is 1. The molecule has 0 bridgehead atoms. The third kappa shape index (κ3) is 4.11. The van der Waals surface area contributed by atoms with Gasteiger partial charge >= 0.3 is 0 Å². The number of nitrogens with zero attached hydrogens (tertiary/aromatic N) is 2. The number of benzene rings is 2. The van der Waals surface area contributed by atoms with Crippen molar-refractivity contribution >= 4 is 5.91 Å². The number of ether oxygens (including phenoxy) is 1. The molecule has 0 radical (unpaired) electrons. The molecule has 0 saturated heterocycles. The van der Waals surface area contributed by atoms with E-state index in [0.29, 0.717) is 18.8 Å². The van der Waals surface area contributed by atoms with Gasteiger partial charge < -0.3 is 9.64 Å². The van der Waals surface area contributed by atoms with Crippen LogP contribution in [0.3, 0.4) is 0 Å². The van der Waals surface area contributed by atoms with E-state index in [1.807, 2.05) is 62.4 Å². The highest BCUT2D eigenvalue weighted by atomic mass is 16.5. The third-order valence-electron chi connectivity index (χ3n) is 4.28. The second-order valence-electron chi connectivity index (χ2n) is 6.37. The molecule has 0 unspecified atom stereocenters. The number of aryl methyl sites for hydroxylation is 2. The number of aromatic amines is 1.